The first kappa shape index (κ1) is 22.2. The van der Waals surface area contributed by atoms with Crippen molar-refractivity contribution < 1.29 is 21.6 Å². The molecule has 10 nitrogen and oxygen atoms in total. The normalized spacial score (nSPS) is 11.9. The first-order valence-corrected chi connectivity index (χ1v) is 10.4. The number of anilines is 1. The first-order valence-electron chi connectivity index (χ1n) is 8.82. The molecule has 0 aliphatic rings. The Morgan fingerprint density at radius 1 is 1.10 bits per heavy atom. The molecule has 0 radical (unpaired) electrons. The van der Waals surface area contributed by atoms with Crippen LogP contribution in [0.2, 0.25) is 0 Å². The number of nitrogen functional groups attached to an aromatic ring is 1. The number of nitrogens with two attached hydrogens (primary N) is 2. The predicted octanol–water partition coefficient (Wildman–Crippen LogP) is 2.68. The van der Waals surface area contributed by atoms with Crippen LogP contribution in [0.25, 0.3) is 33.5 Å². The number of hydrogen-bond donors (Lipinski definition) is 4. The fraction of sp³-hybridized carbons (Fsp3) is 0.176. The van der Waals surface area contributed by atoms with Crippen molar-refractivity contribution in [1.29, 1.82) is 0 Å². The highest BCUT2D eigenvalue weighted by molar-refractivity contribution is 7.89. The van der Waals surface area contributed by atoms with Gasteiger partial charge in [0.15, 0.2) is 5.95 Å². The van der Waals surface area contributed by atoms with Crippen LogP contribution in [0.4, 0.5) is 19.1 Å². The Hall–Kier alpha value is -3.52. The average molecular weight is 454 g/mol. The van der Waals surface area contributed by atoms with Crippen molar-refractivity contribution >= 4 is 27.0 Å². The number of benzene rings is 2. The van der Waals surface area contributed by atoms with Gasteiger partial charge in [0.25, 0.3) is 0 Å². The molecular formula is C17H17F3N8O2S. The minimum atomic E-state index is -4.99. The van der Waals surface area contributed by atoms with Crippen molar-refractivity contribution in [2.24, 2.45) is 5.14 Å². The van der Waals surface area contributed by atoms with E-state index in [1.54, 1.807) is 18.2 Å². The van der Waals surface area contributed by atoms with Gasteiger partial charge >= 0.3 is 6.18 Å². The van der Waals surface area contributed by atoms with Gasteiger partial charge in [-0.25, -0.2) is 18.5 Å². The fourth-order valence-corrected chi connectivity index (χ4v) is 4.00. The van der Waals surface area contributed by atoms with Crippen molar-refractivity contribution in [2.75, 3.05) is 5.73 Å². The van der Waals surface area contributed by atoms with Gasteiger partial charge in [0.05, 0.1) is 22.2 Å². The lowest BCUT2D eigenvalue weighted by atomic mass is 9.96. The number of imidazole rings is 1. The molecule has 2 aromatic heterocycles. The Bertz CT molecular complexity index is 1330. The van der Waals surface area contributed by atoms with Crippen LogP contribution in [-0.4, -0.2) is 39.0 Å². The number of alkyl halides is 3. The zero-order chi connectivity index (χ0) is 23.0. The molecule has 6 N–H and O–H groups in total. The number of primary sulfonamides is 1. The molecule has 0 aliphatic carbocycles. The lowest BCUT2D eigenvalue weighted by molar-refractivity contribution is -0.139. The third-order valence-electron chi connectivity index (χ3n) is 4.13. The lowest BCUT2D eigenvalue weighted by Crippen LogP contribution is -2.21. The number of aromatic amines is 2. The maximum atomic E-state index is 13.5. The van der Waals surface area contributed by atoms with Crippen molar-refractivity contribution in [1.82, 2.24) is 30.6 Å². The first-order chi connectivity index (χ1) is 14.6. The van der Waals surface area contributed by atoms with E-state index in [1.165, 1.54) is 0 Å². The second-order valence-corrected chi connectivity index (χ2v) is 7.50. The molecule has 0 spiro atoms. The number of rotatable bonds is 3. The number of hydrogen-bond acceptors (Lipinski definition) is 7. The van der Waals surface area contributed by atoms with E-state index in [-0.39, 0.29) is 17.3 Å². The Balaban J connectivity index is 0.00000132. The smallest absolute Gasteiger partial charge is 0.369 e. The summed E-state index contributed by atoms with van der Waals surface area (Å²) in [7, 11) is -4.82. The summed E-state index contributed by atoms with van der Waals surface area (Å²) in [6.07, 6.45) is -4.99. The third kappa shape index (κ3) is 4.20. The molecule has 0 unspecified atom stereocenters. The zero-order valence-electron chi connectivity index (χ0n) is 16.2. The van der Waals surface area contributed by atoms with E-state index >= 15 is 0 Å². The SMILES string of the molecule is CC.Nc1nc2ccc(-c3ccc(C(F)(F)F)c(S(N)(=O)=O)c3-c3nn[nH]n3)cc2[nH]1. The highest BCUT2D eigenvalue weighted by Crippen LogP contribution is 2.43. The van der Waals surface area contributed by atoms with Gasteiger partial charge in [-0.2, -0.15) is 18.4 Å². The molecule has 0 fully saturated rings. The molecule has 164 valence electrons. The van der Waals surface area contributed by atoms with E-state index < -0.39 is 32.2 Å². The fourth-order valence-electron chi connectivity index (χ4n) is 3.03. The second kappa shape index (κ2) is 7.96. The molecule has 0 aliphatic heterocycles. The van der Waals surface area contributed by atoms with Crippen molar-refractivity contribution in [2.45, 2.75) is 24.9 Å². The molecule has 0 atom stereocenters. The van der Waals surface area contributed by atoms with Crippen LogP contribution in [0.1, 0.15) is 19.4 Å². The van der Waals surface area contributed by atoms with Crippen LogP contribution in [0.15, 0.2) is 35.2 Å². The molecule has 0 bridgehead atoms. The Morgan fingerprint density at radius 3 is 2.39 bits per heavy atom. The molecule has 4 rings (SSSR count). The average Bonchev–Trinajstić information content (AvgIpc) is 3.35. The van der Waals surface area contributed by atoms with Crippen molar-refractivity contribution in [3.63, 3.8) is 0 Å². The number of tetrazole rings is 1. The van der Waals surface area contributed by atoms with E-state index in [4.69, 9.17) is 10.9 Å². The van der Waals surface area contributed by atoms with Gasteiger partial charge < -0.3 is 10.7 Å². The van der Waals surface area contributed by atoms with Crippen LogP contribution in [0.3, 0.4) is 0 Å². The van der Waals surface area contributed by atoms with E-state index in [9.17, 15) is 21.6 Å². The largest absolute Gasteiger partial charge is 0.417 e. The highest BCUT2D eigenvalue weighted by Gasteiger charge is 2.39. The van der Waals surface area contributed by atoms with Crippen LogP contribution in [-0.2, 0) is 16.2 Å². The maximum Gasteiger partial charge on any atom is 0.417 e. The number of nitrogens with zero attached hydrogens (tertiary/aromatic N) is 4. The number of fused-ring (bicyclic) bond motifs is 1. The Kier molecular flexibility index (Phi) is 5.69. The third-order valence-corrected chi connectivity index (χ3v) is 5.12. The quantitative estimate of drug-likeness (QED) is 0.369. The van der Waals surface area contributed by atoms with Crippen molar-refractivity contribution in [3.8, 4) is 22.5 Å². The van der Waals surface area contributed by atoms with Crippen LogP contribution < -0.4 is 10.9 Å². The summed E-state index contributed by atoms with van der Waals surface area (Å²) < 4.78 is 65.0. The predicted molar refractivity (Wildman–Crippen MR) is 107 cm³/mol. The van der Waals surface area contributed by atoms with Crippen molar-refractivity contribution in [3.05, 3.63) is 35.9 Å². The van der Waals surface area contributed by atoms with Crippen LogP contribution in [0, 0.1) is 0 Å². The zero-order valence-corrected chi connectivity index (χ0v) is 17.0. The number of H-pyrrole nitrogens is 2. The lowest BCUT2D eigenvalue weighted by Gasteiger charge is -2.17. The Morgan fingerprint density at radius 2 is 1.81 bits per heavy atom. The standard InChI is InChI=1S/C15H11F3N8O2S.C2H6/c16-15(17,18)8-3-2-7(6-1-4-9-10(5-6)22-14(19)21-9)11(12(8)29(20,27)28)13-23-25-26-24-13;1-2/h1-5H,(H3,19,21,22)(H2,20,27,28)(H,23,24,25,26);1-2H3. The topological polar surface area (TPSA) is 169 Å². The van der Waals surface area contributed by atoms with Crippen LogP contribution in [0.5, 0.6) is 0 Å². The summed E-state index contributed by atoms with van der Waals surface area (Å²) in [5.74, 6) is -0.215. The minimum absolute atomic E-state index is 0.0958. The summed E-state index contributed by atoms with van der Waals surface area (Å²) in [5.41, 5.74) is 5.23. The second-order valence-electron chi connectivity index (χ2n) is 6.00. The Labute approximate surface area is 173 Å². The molecule has 4 aromatic rings. The van der Waals surface area contributed by atoms with E-state index in [0.29, 0.717) is 22.7 Å². The maximum absolute atomic E-state index is 13.5. The van der Waals surface area contributed by atoms with E-state index in [2.05, 4.69) is 30.6 Å². The van der Waals surface area contributed by atoms with Crippen LogP contribution >= 0.6 is 0 Å². The number of nitrogens with one attached hydrogen (secondary N) is 2. The summed E-state index contributed by atoms with van der Waals surface area (Å²) in [6.45, 7) is 4.00. The molecule has 2 heterocycles. The summed E-state index contributed by atoms with van der Waals surface area (Å²) in [4.78, 5) is 5.69. The highest BCUT2D eigenvalue weighted by atomic mass is 32.2. The van der Waals surface area contributed by atoms with Gasteiger partial charge in [-0.15, -0.1) is 10.2 Å². The molecule has 2 aromatic carbocycles. The van der Waals surface area contributed by atoms with E-state index in [1.807, 2.05) is 13.8 Å². The molecular weight excluding hydrogens is 437 g/mol. The van der Waals surface area contributed by atoms with Gasteiger partial charge in [-0.3, -0.25) is 0 Å². The summed E-state index contributed by atoms with van der Waals surface area (Å²) in [6, 6.07) is 6.43. The monoisotopic (exact) mass is 454 g/mol. The molecule has 0 saturated heterocycles. The van der Waals surface area contributed by atoms with Gasteiger partial charge in [-0.05, 0) is 34.5 Å². The van der Waals surface area contributed by atoms with Gasteiger partial charge in [0.2, 0.25) is 15.8 Å². The molecule has 0 saturated carbocycles. The molecule has 14 heteroatoms. The number of halogens is 3. The summed E-state index contributed by atoms with van der Waals surface area (Å²) >= 11 is 0. The number of aromatic nitrogens is 6. The van der Waals surface area contributed by atoms with Gasteiger partial charge in [0.1, 0.15) is 4.90 Å². The van der Waals surface area contributed by atoms with Gasteiger partial charge in [0, 0.05) is 0 Å². The number of sulfonamides is 1. The molecule has 31 heavy (non-hydrogen) atoms. The van der Waals surface area contributed by atoms with E-state index in [0.717, 1.165) is 6.07 Å². The molecule has 0 amide bonds. The minimum Gasteiger partial charge on any atom is -0.369 e. The summed E-state index contributed by atoms with van der Waals surface area (Å²) in [5, 5.41) is 17.9. The van der Waals surface area contributed by atoms with Gasteiger partial charge in [-0.1, -0.05) is 26.0 Å².